The highest BCUT2D eigenvalue weighted by Gasteiger charge is 2.74. The van der Waals surface area contributed by atoms with Crippen molar-refractivity contribution in [2.45, 2.75) is 52.0 Å². The van der Waals surface area contributed by atoms with Crippen LogP contribution >= 0.6 is 0 Å². The van der Waals surface area contributed by atoms with E-state index in [2.05, 4.69) is 4.74 Å². The zero-order valence-electron chi connectivity index (χ0n) is 11.0. The third-order valence-electron chi connectivity index (χ3n) is 1.55. The Hall–Kier alpha value is -0.570. The fourth-order valence-corrected chi connectivity index (χ4v) is 0.770. The Labute approximate surface area is 106 Å². The van der Waals surface area contributed by atoms with Crippen molar-refractivity contribution in [2.75, 3.05) is 13.2 Å². The molecule has 0 heterocycles. The summed E-state index contributed by atoms with van der Waals surface area (Å²) < 4.78 is 89.9. The fourth-order valence-electron chi connectivity index (χ4n) is 0.770. The second-order valence-electron chi connectivity index (χ2n) is 3.53. The SMILES string of the molecule is CCOC(C)C.CCOC(F)(F)C(F)(F)C(F)(F)F. The number of halogens is 7. The van der Waals surface area contributed by atoms with E-state index in [9.17, 15) is 30.7 Å². The molecule has 118 valence electrons. The van der Waals surface area contributed by atoms with E-state index in [0.717, 1.165) is 13.5 Å². The molecule has 0 N–H and O–H groups in total. The lowest BCUT2D eigenvalue weighted by Crippen LogP contribution is -2.53. The average Bonchev–Trinajstić information content (AvgIpc) is 2.15. The lowest BCUT2D eigenvalue weighted by molar-refractivity contribution is -0.423. The van der Waals surface area contributed by atoms with Gasteiger partial charge in [-0.25, -0.2) is 0 Å². The minimum absolute atomic E-state index is 0.398. The van der Waals surface area contributed by atoms with Gasteiger partial charge >= 0.3 is 18.2 Å². The maximum absolute atomic E-state index is 12.0. The van der Waals surface area contributed by atoms with Crippen LogP contribution in [0.15, 0.2) is 0 Å². The Balaban J connectivity index is 0. The van der Waals surface area contributed by atoms with Crippen LogP contribution in [-0.4, -0.2) is 37.5 Å². The molecule has 0 radical (unpaired) electrons. The third-order valence-corrected chi connectivity index (χ3v) is 1.55. The molecule has 0 aromatic carbocycles. The van der Waals surface area contributed by atoms with E-state index in [1.807, 2.05) is 20.8 Å². The molecule has 0 aromatic heterocycles. The highest BCUT2D eigenvalue weighted by atomic mass is 19.4. The van der Waals surface area contributed by atoms with Crippen LogP contribution < -0.4 is 0 Å². The number of hydrogen-bond acceptors (Lipinski definition) is 2. The van der Waals surface area contributed by atoms with Crippen molar-refractivity contribution in [3.8, 4) is 0 Å². The molecule has 0 rings (SSSR count). The smallest absolute Gasteiger partial charge is 0.379 e. The Morgan fingerprint density at radius 1 is 0.842 bits per heavy atom. The van der Waals surface area contributed by atoms with Gasteiger partial charge in [0.05, 0.1) is 12.7 Å². The summed E-state index contributed by atoms with van der Waals surface area (Å²) in [7, 11) is 0. The minimum atomic E-state index is -6.33. The molecule has 0 saturated carbocycles. The lowest BCUT2D eigenvalue weighted by atomic mass is 10.3. The first-order valence-electron chi connectivity index (χ1n) is 5.41. The van der Waals surface area contributed by atoms with Gasteiger partial charge in [-0.15, -0.1) is 0 Å². The first kappa shape index (κ1) is 20.7. The van der Waals surface area contributed by atoms with Gasteiger partial charge in [0.1, 0.15) is 0 Å². The van der Waals surface area contributed by atoms with E-state index < -0.39 is 24.8 Å². The summed E-state index contributed by atoms with van der Waals surface area (Å²) in [6, 6.07) is 0. The van der Waals surface area contributed by atoms with Gasteiger partial charge < -0.3 is 9.47 Å². The molecule has 2 nitrogen and oxygen atoms in total. The van der Waals surface area contributed by atoms with E-state index in [1.165, 1.54) is 0 Å². The van der Waals surface area contributed by atoms with E-state index in [-0.39, 0.29) is 0 Å². The van der Waals surface area contributed by atoms with E-state index in [0.29, 0.717) is 6.10 Å². The van der Waals surface area contributed by atoms with Crippen LogP contribution in [0.1, 0.15) is 27.7 Å². The van der Waals surface area contributed by atoms with Gasteiger partial charge in [0, 0.05) is 6.61 Å². The van der Waals surface area contributed by atoms with Crippen LogP contribution in [0.25, 0.3) is 0 Å². The van der Waals surface area contributed by atoms with Gasteiger partial charge in [-0.3, -0.25) is 0 Å². The van der Waals surface area contributed by atoms with Crippen molar-refractivity contribution in [1.82, 2.24) is 0 Å². The Morgan fingerprint density at radius 3 is 1.42 bits per heavy atom. The molecule has 0 aliphatic carbocycles. The molecular formula is C10H17F7O2. The molecule has 0 aliphatic heterocycles. The molecule has 0 fully saturated rings. The fraction of sp³-hybridized carbons (Fsp3) is 1.00. The predicted octanol–water partition coefficient (Wildman–Crippen LogP) is 4.24. The number of alkyl halides is 7. The molecule has 0 saturated heterocycles. The van der Waals surface area contributed by atoms with E-state index in [4.69, 9.17) is 4.74 Å². The summed E-state index contributed by atoms with van der Waals surface area (Å²) >= 11 is 0. The van der Waals surface area contributed by atoms with Crippen molar-refractivity contribution in [3.63, 3.8) is 0 Å². The molecule has 0 spiro atoms. The van der Waals surface area contributed by atoms with Crippen LogP contribution in [-0.2, 0) is 9.47 Å². The summed E-state index contributed by atoms with van der Waals surface area (Å²) in [5.41, 5.74) is 0. The zero-order chi connectivity index (χ0) is 15.9. The summed E-state index contributed by atoms with van der Waals surface area (Å²) in [4.78, 5) is 0. The van der Waals surface area contributed by atoms with Gasteiger partial charge in [-0.1, -0.05) is 0 Å². The standard InChI is InChI=1S/C5H5F7O.C5H12O/c1-2-13-5(11,12)3(6,7)4(8,9)10;1-4-6-5(2)3/h2H2,1H3;5H,4H2,1-3H3. The largest absolute Gasteiger partial charge is 0.462 e. The van der Waals surface area contributed by atoms with Crippen LogP contribution in [0, 0.1) is 0 Å². The molecule has 0 aromatic rings. The quantitative estimate of drug-likeness (QED) is 0.707. The monoisotopic (exact) mass is 302 g/mol. The average molecular weight is 302 g/mol. The Kier molecular flexibility index (Phi) is 8.61. The van der Waals surface area contributed by atoms with Crippen molar-refractivity contribution in [1.29, 1.82) is 0 Å². The third kappa shape index (κ3) is 6.95. The van der Waals surface area contributed by atoms with Gasteiger partial charge in [-0.05, 0) is 27.7 Å². The van der Waals surface area contributed by atoms with Gasteiger partial charge in [0.15, 0.2) is 0 Å². The van der Waals surface area contributed by atoms with Crippen molar-refractivity contribution >= 4 is 0 Å². The highest BCUT2D eigenvalue weighted by Crippen LogP contribution is 2.46. The first-order valence-corrected chi connectivity index (χ1v) is 5.41. The summed E-state index contributed by atoms with van der Waals surface area (Å²) in [5, 5.41) is 0. The maximum Gasteiger partial charge on any atom is 0.462 e. The van der Waals surface area contributed by atoms with Crippen LogP contribution in [0.2, 0.25) is 0 Å². The van der Waals surface area contributed by atoms with E-state index >= 15 is 0 Å². The van der Waals surface area contributed by atoms with Crippen LogP contribution in [0.4, 0.5) is 30.7 Å². The predicted molar refractivity (Wildman–Crippen MR) is 54.3 cm³/mol. The van der Waals surface area contributed by atoms with Crippen molar-refractivity contribution in [3.05, 3.63) is 0 Å². The molecule has 0 aliphatic rings. The van der Waals surface area contributed by atoms with Crippen molar-refractivity contribution < 1.29 is 40.2 Å². The minimum Gasteiger partial charge on any atom is -0.379 e. The molecule has 0 atom stereocenters. The molecule has 0 unspecified atom stereocenters. The number of hydrogen-bond donors (Lipinski definition) is 0. The second kappa shape index (κ2) is 7.88. The number of ether oxygens (including phenoxy) is 2. The Morgan fingerprint density at radius 2 is 1.26 bits per heavy atom. The number of rotatable bonds is 5. The molecule has 9 heteroatoms. The van der Waals surface area contributed by atoms with Gasteiger partial charge in [0.25, 0.3) is 0 Å². The Bertz CT molecular complexity index is 239. The van der Waals surface area contributed by atoms with Gasteiger partial charge in [-0.2, -0.15) is 30.7 Å². The molecule has 19 heavy (non-hydrogen) atoms. The highest BCUT2D eigenvalue weighted by molar-refractivity contribution is 4.84. The summed E-state index contributed by atoms with van der Waals surface area (Å²) in [6.45, 7) is 6.82. The molecular weight excluding hydrogens is 285 g/mol. The van der Waals surface area contributed by atoms with Gasteiger partial charge in [0.2, 0.25) is 0 Å². The normalized spacial score (nSPS) is 13.3. The zero-order valence-corrected chi connectivity index (χ0v) is 11.0. The van der Waals surface area contributed by atoms with Crippen molar-refractivity contribution in [2.24, 2.45) is 0 Å². The van der Waals surface area contributed by atoms with E-state index in [1.54, 1.807) is 0 Å². The first-order chi connectivity index (χ1) is 8.33. The summed E-state index contributed by atoms with van der Waals surface area (Å²) in [5.74, 6) is -6.17. The lowest BCUT2D eigenvalue weighted by Gasteiger charge is -2.26. The maximum atomic E-state index is 12.0. The molecule has 0 amide bonds. The van der Waals surface area contributed by atoms with Crippen LogP contribution in [0.3, 0.4) is 0 Å². The van der Waals surface area contributed by atoms with Crippen LogP contribution in [0.5, 0.6) is 0 Å². The topological polar surface area (TPSA) is 18.5 Å². The summed E-state index contributed by atoms with van der Waals surface area (Å²) in [6.07, 6.45) is -11.5. The molecule has 0 bridgehead atoms. The second-order valence-corrected chi connectivity index (χ2v) is 3.53.